The molecule has 108 valence electrons. The number of nitrogens with zero attached hydrogens (tertiary/aromatic N) is 1. The van der Waals surface area contributed by atoms with E-state index in [9.17, 15) is 13.2 Å². The van der Waals surface area contributed by atoms with E-state index in [4.69, 9.17) is 0 Å². The molecule has 0 amide bonds. The summed E-state index contributed by atoms with van der Waals surface area (Å²) in [5, 5.41) is 3.23. The third-order valence-corrected chi connectivity index (χ3v) is 2.80. The molecule has 1 aromatic carbocycles. The van der Waals surface area contributed by atoms with Crippen LogP contribution in [0, 0.1) is 6.92 Å². The molecule has 0 radical (unpaired) electrons. The number of alkyl halides is 3. The van der Waals surface area contributed by atoms with Gasteiger partial charge >= 0.3 is 6.18 Å². The molecule has 0 unspecified atom stereocenters. The molecule has 19 heavy (non-hydrogen) atoms. The van der Waals surface area contributed by atoms with Crippen molar-refractivity contribution in [3.8, 4) is 0 Å². The molecule has 1 rings (SSSR count). The van der Waals surface area contributed by atoms with Crippen LogP contribution in [0.25, 0.3) is 0 Å². The van der Waals surface area contributed by atoms with Gasteiger partial charge in [0, 0.05) is 19.3 Å². The zero-order chi connectivity index (χ0) is 14.5. The molecule has 0 fully saturated rings. The molecule has 0 bridgehead atoms. The van der Waals surface area contributed by atoms with Crippen LogP contribution >= 0.6 is 0 Å². The molecule has 0 aliphatic rings. The minimum absolute atomic E-state index is 0.590. The minimum Gasteiger partial charge on any atom is -0.365 e. The van der Waals surface area contributed by atoms with Crippen LogP contribution in [0.3, 0.4) is 0 Å². The fourth-order valence-electron chi connectivity index (χ4n) is 1.98. The van der Waals surface area contributed by atoms with Gasteiger partial charge in [-0.3, -0.25) is 0 Å². The molecule has 0 aliphatic heterocycles. The summed E-state index contributed by atoms with van der Waals surface area (Å²) >= 11 is 0. The molecule has 1 aromatic rings. The number of hydrogen-bond donors (Lipinski definition) is 1. The molecule has 2 nitrogen and oxygen atoms in total. The normalized spacial score (nSPS) is 11.7. The predicted octanol–water partition coefficient (Wildman–Crippen LogP) is 3.49. The van der Waals surface area contributed by atoms with E-state index in [1.54, 1.807) is 6.07 Å². The summed E-state index contributed by atoms with van der Waals surface area (Å²) in [7, 11) is 1.47. The van der Waals surface area contributed by atoms with Crippen molar-refractivity contribution in [3.63, 3.8) is 0 Å². The van der Waals surface area contributed by atoms with Gasteiger partial charge in [0.1, 0.15) is 6.54 Å². The quantitative estimate of drug-likeness (QED) is 0.799. The lowest BCUT2D eigenvalue weighted by atomic mass is 10.1. The first kappa shape index (κ1) is 15.8. The van der Waals surface area contributed by atoms with Crippen molar-refractivity contribution in [1.82, 2.24) is 5.32 Å². The second-order valence-corrected chi connectivity index (χ2v) is 4.78. The Morgan fingerprint density at radius 3 is 2.53 bits per heavy atom. The van der Waals surface area contributed by atoms with E-state index in [-0.39, 0.29) is 0 Å². The number of aryl methyl sites for hydroxylation is 1. The van der Waals surface area contributed by atoms with Gasteiger partial charge in [-0.1, -0.05) is 24.6 Å². The third kappa shape index (κ3) is 5.51. The zero-order valence-electron chi connectivity index (χ0n) is 11.6. The lowest BCUT2D eigenvalue weighted by Crippen LogP contribution is -2.32. The number of nitrogens with one attached hydrogen (secondary N) is 1. The van der Waals surface area contributed by atoms with E-state index in [1.807, 2.05) is 19.1 Å². The summed E-state index contributed by atoms with van der Waals surface area (Å²) in [6, 6.07) is 5.53. The first-order valence-electron chi connectivity index (χ1n) is 6.41. The summed E-state index contributed by atoms with van der Waals surface area (Å²) in [4.78, 5) is 1.25. The topological polar surface area (TPSA) is 15.3 Å². The predicted molar refractivity (Wildman–Crippen MR) is 72.5 cm³/mol. The maximum atomic E-state index is 12.5. The molecule has 0 atom stereocenters. The van der Waals surface area contributed by atoms with Crippen LogP contribution in [0.4, 0.5) is 18.9 Å². The van der Waals surface area contributed by atoms with E-state index < -0.39 is 12.7 Å². The highest BCUT2D eigenvalue weighted by atomic mass is 19.4. The Morgan fingerprint density at radius 2 is 1.95 bits per heavy atom. The Morgan fingerprint density at radius 1 is 1.26 bits per heavy atom. The van der Waals surface area contributed by atoms with Crippen LogP contribution in [-0.2, 0) is 6.54 Å². The van der Waals surface area contributed by atoms with Gasteiger partial charge < -0.3 is 10.2 Å². The van der Waals surface area contributed by atoms with Gasteiger partial charge in [0.15, 0.2) is 0 Å². The number of rotatable bonds is 6. The van der Waals surface area contributed by atoms with Crippen molar-refractivity contribution in [3.05, 3.63) is 29.3 Å². The number of benzene rings is 1. The van der Waals surface area contributed by atoms with Crippen LogP contribution in [0.5, 0.6) is 0 Å². The summed E-state index contributed by atoms with van der Waals surface area (Å²) in [5.74, 6) is 0. The van der Waals surface area contributed by atoms with E-state index in [1.165, 1.54) is 11.9 Å². The highest BCUT2D eigenvalue weighted by Gasteiger charge is 2.29. The molecule has 5 heteroatoms. The van der Waals surface area contributed by atoms with Gasteiger partial charge in [-0.05, 0) is 31.5 Å². The van der Waals surface area contributed by atoms with Gasteiger partial charge in [0.25, 0.3) is 0 Å². The molecule has 0 heterocycles. The molecule has 0 spiro atoms. The molecular formula is C14H21F3N2. The zero-order valence-corrected chi connectivity index (χ0v) is 11.6. The van der Waals surface area contributed by atoms with Gasteiger partial charge in [-0.25, -0.2) is 0 Å². The summed E-state index contributed by atoms with van der Waals surface area (Å²) in [5.41, 5.74) is 2.59. The van der Waals surface area contributed by atoms with Crippen LogP contribution in [0.15, 0.2) is 18.2 Å². The lowest BCUT2D eigenvalue weighted by molar-refractivity contribution is -0.119. The van der Waals surface area contributed by atoms with Crippen molar-refractivity contribution in [2.24, 2.45) is 0 Å². The Labute approximate surface area is 112 Å². The van der Waals surface area contributed by atoms with Crippen molar-refractivity contribution >= 4 is 5.69 Å². The smallest absolute Gasteiger partial charge is 0.365 e. The van der Waals surface area contributed by atoms with Crippen LogP contribution in [0.1, 0.15) is 24.5 Å². The summed E-state index contributed by atoms with van der Waals surface area (Å²) in [6.45, 7) is 4.51. The van der Waals surface area contributed by atoms with Gasteiger partial charge in [0.05, 0.1) is 0 Å². The first-order valence-corrected chi connectivity index (χ1v) is 6.41. The van der Waals surface area contributed by atoms with Crippen LogP contribution < -0.4 is 10.2 Å². The van der Waals surface area contributed by atoms with Crippen molar-refractivity contribution in [2.75, 3.05) is 25.0 Å². The standard InChI is InChI=1S/C14H21F3N2/c1-4-7-18-9-12-8-11(2)5-6-13(12)19(3)10-14(15,16)17/h5-6,8,18H,4,7,9-10H2,1-3H3. The van der Waals surface area contributed by atoms with Crippen molar-refractivity contribution in [2.45, 2.75) is 33.0 Å². The molecule has 0 aromatic heterocycles. The van der Waals surface area contributed by atoms with E-state index in [0.29, 0.717) is 12.2 Å². The molecule has 1 N–H and O–H groups in total. The Kier molecular flexibility index (Phi) is 5.66. The summed E-state index contributed by atoms with van der Waals surface area (Å²) < 4.78 is 37.4. The maximum Gasteiger partial charge on any atom is 0.405 e. The Balaban J connectivity index is 2.86. The Bertz CT molecular complexity index is 402. The van der Waals surface area contributed by atoms with E-state index >= 15 is 0 Å². The molecular weight excluding hydrogens is 253 g/mol. The fourth-order valence-corrected chi connectivity index (χ4v) is 1.98. The average molecular weight is 274 g/mol. The fraction of sp³-hybridized carbons (Fsp3) is 0.571. The van der Waals surface area contributed by atoms with Gasteiger partial charge in [-0.2, -0.15) is 13.2 Å². The van der Waals surface area contributed by atoms with E-state index in [2.05, 4.69) is 12.2 Å². The second-order valence-electron chi connectivity index (χ2n) is 4.78. The highest BCUT2D eigenvalue weighted by molar-refractivity contribution is 5.54. The first-order chi connectivity index (χ1) is 8.83. The van der Waals surface area contributed by atoms with Crippen LogP contribution in [-0.4, -0.2) is 26.3 Å². The lowest BCUT2D eigenvalue weighted by Gasteiger charge is -2.24. The van der Waals surface area contributed by atoms with Crippen LogP contribution in [0.2, 0.25) is 0 Å². The minimum atomic E-state index is -4.19. The van der Waals surface area contributed by atoms with Crippen molar-refractivity contribution in [1.29, 1.82) is 0 Å². The molecule has 0 saturated carbocycles. The largest absolute Gasteiger partial charge is 0.405 e. The SMILES string of the molecule is CCCNCc1cc(C)ccc1N(C)CC(F)(F)F. The summed E-state index contributed by atoms with van der Waals surface area (Å²) in [6.07, 6.45) is -3.19. The monoisotopic (exact) mass is 274 g/mol. The average Bonchev–Trinajstić information content (AvgIpc) is 2.27. The van der Waals surface area contributed by atoms with Crippen molar-refractivity contribution < 1.29 is 13.2 Å². The number of halogens is 3. The highest BCUT2D eigenvalue weighted by Crippen LogP contribution is 2.25. The van der Waals surface area contributed by atoms with E-state index in [0.717, 1.165) is 24.1 Å². The maximum absolute atomic E-state index is 12.5. The molecule has 0 aliphatic carbocycles. The Hall–Kier alpha value is -1.23. The van der Waals surface area contributed by atoms with Gasteiger partial charge in [-0.15, -0.1) is 0 Å². The third-order valence-electron chi connectivity index (χ3n) is 2.80. The molecule has 0 saturated heterocycles. The van der Waals surface area contributed by atoms with Gasteiger partial charge in [0.2, 0.25) is 0 Å². The second kappa shape index (κ2) is 6.80. The number of hydrogen-bond acceptors (Lipinski definition) is 2. The number of anilines is 1.